The number of thiophene rings is 2. The van der Waals surface area contributed by atoms with Crippen molar-refractivity contribution in [3.8, 4) is 10.8 Å². The number of amides is 1. The summed E-state index contributed by atoms with van der Waals surface area (Å²) in [6, 6.07) is 5.71. The van der Waals surface area contributed by atoms with Crippen LogP contribution in [0.25, 0.3) is 10.8 Å². The highest BCUT2D eigenvalue weighted by molar-refractivity contribution is 7.14. The molecule has 0 spiro atoms. The van der Waals surface area contributed by atoms with E-state index in [-0.39, 0.29) is 19.1 Å². The molecule has 1 aliphatic carbocycles. The SMILES string of the molecule is CCCN(Cc1nnc(-c2cccs2)o1)C(=O)COC(=O)c1cc2c(s1)CCC2. The fourth-order valence-electron chi connectivity index (χ4n) is 3.26. The maximum atomic E-state index is 12.6. The summed E-state index contributed by atoms with van der Waals surface area (Å²) in [6.07, 6.45) is 3.95. The lowest BCUT2D eigenvalue weighted by atomic mass is 10.2. The highest BCUT2D eigenvalue weighted by Crippen LogP contribution is 2.31. The van der Waals surface area contributed by atoms with E-state index in [1.54, 1.807) is 4.90 Å². The fraction of sp³-hybridized carbons (Fsp3) is 0.400. The minimum Gasteiger partial charge on any atom is -0.451 e. The van der Waals surface area contributed by atoms with Crippen molar-refractivity contribution in [3.05, 3.63) is 44.8 Å². The minimum atomic E-state index is -0.438. The first-order valence-corrected chi connectivity index (χ1v) is 11.3. The summed E-state index contributed by atoms with van der Waals surface area (Å²) < 4.78 is 10.9. The highest BCUT2D eigenvalue weighted by atomic mass is 32.1. The molecule has 0 radical (unpaired) electrons. The van der Waals surface area contributed by atoms with Crippen LogP contribution in [0.5, 0.6) is 0 Å². The topological polar surface area (TPSA) is 85.5 Å². The average Bonchev–Trinajstić information content (AvgIpc) is 3.49. The number of aromatic nitrogens is 2. The Kier molecular flexibility index (Phi) is 6.05. The Labute approximate surface area is 176 Å². The van der Waals surface area contributed by atoms with Crippen LogP contribution < -0.4 is 0 Å². The van der Waals surface area contributed by atoms with Crippen molar-refractivity contribution in [1.29, 1.82) is 0 Å². The van der Waals surface area contributed by atoms with E-state index in [1.807, 2.05) is 30.5 Å². The molecule has 9 heteroatoms. The predicted octanol–water partition coefficient (Wildman–Crippen LogP) is 3.94. The van der Waals surface area contributed by atoms with Gasteiger partial charge in [0.2, 0.25) is 5.89 Å². The fourth-order valence-corrected chi connectivity index (χ4v) is 5.05. The molecule has 1 aliphatic rings. The van der Waals surface area contributed by atoms with Crippen molar-refractivity contribution >= 4 is 34.6 Å². The van der Waals surface area contributed by atoms with E-state index in [1.165, 1.54) is 33.1 Å². The van der Waals surface area contributed by atoms with Gasteiger partial charge >= 0.3 is 5.97 Å². The Bertz CT molecular complexity index is 972. The van der Waals surface area contributed by atoms with E-state index in [9.17, 15) is 9.59 Å². The summed E-state index contributed by atoms with van der Waals surface area (Å²) in [6.45, 7) is 2.38. The molecule has 152 valence electrons. The summed E-state index contributed by atoms with van der Waals surface area (Å²) in [5, 5.41) is 10.0. The number of nitrogens with zero attached hydrogens (tertiary/aromatic N) is 3. The summed E-state index contributed by atoms with van der Waals surface area (Å²) in [7, 11) is 0. The largest absolute Gasteiger partial charge is 0.451 e. The Morgan fingerprint density at radius 1 is 1.31 bits per heavy atom. The van der Waals surface area contributed by atoms with Crippen LogP contribution in [0, 0.1) is 0 Å². The number of carbonyl (C=O) groups is 2. The molecule has 1 amide bonds. The first-order valence-electron chi connectivity index (χ1n) is 9.56. The third-order valence-electron chi connectivity index (χ3n) is 4.65. The van der Waals surface area contributed by atoms with Crippen LogP contribution in [-0.4, -0.2) is 40.1 Å². The van der Waals surface area contributed by atoms with Crippen LogP contribution in [-0.2, 0) is 28.9 Å². The minimum absolute atomic E-state index is 0.190. The summed E-state index contributed by atoms with van der Waals surface area (Å²) in [4.78, 5) is 29.2. The highest BCUT2D eigenvalue weighted by Gasteiger charge is 2.22. The number of ether oxygens (including phenoxy) is 1. The maximum absolute atomic E-state index is 12.6. The van der Waals surface area contributed by atoms with Crippen LogP contribution in [0.2, 0.25) is 0 Å². The second-order valence-electron chi connectivity index (χ2n) is 6.78. The molecular formula is C20H21N3O4S2. The molecule has 0 saturated carbocycles. The lowest BCUT2D eigenvalue weighted by Crippen LogP contribution is -2.35. The van der Waals surface area contributed by atoms with Gasteiger partial charge in [-0.3, -0.25) is 4.79 Å². The third-order valence-corrected chi connectivity index (χ3v) is 6.72. The lowest BCUT2D eigenvalue weighted by molar-refractivity contribution is -0.135. The van der Waals surface area contributed by atoms with Gasteiger partial charge in [0.25, 0.3) is 11.8 Å². The number of carbonyl (C=O) groups excluding carboxylic acids is 2. The van der Waals surface area contributed by atoms with E-state index in [0.717, 1.165) is 30.6 Å². The molecule has 3 aromatic heterocycles. The Hall–Kier alpha value is -2.52. The van der Waals surface area contributed by atoms with E-state index in [2.05, 4.69) is 10.2 Å². The molecule has 7 nitrogen and oxygen atoms in total. The quantitative estimate of drug-likeness (QED) is 0.502. The number of hydrogen-bond acceptors (Lipinski definition) is 8. The predicted molar refractivity (Wildman–Crippen MR) is 110 cm³/mol. The van der Waals surface area contributed by atoms with Gasteiger partial charge in [-0.25, -0.2) is 4.79 Å². The van der Waals surface area contributed by atoms with Crippen LogP contribution in [0.1, 0.15) is 45.8 Å². The van der Waals surface area contributed by atoms with Gasteiger partial charge in [0, 0.05) is 11.4 Å². The number of hydrogen-bond donors (Lipinski definition) is 0. The first-order chi connectivity index (χ1) is 14.1. The van der Waals surface area contributed by atoms with Crippen LogP contribution in [0.3, 0.4) is 0 Å². The van der Waals surface area contributed by atoms with Gasteiger partial charge < -0.3 is 14.1 Å². The molecular weight excluding hydrogens is 410 g/mol. The second kappa shape index (κ2) is 8.87. The van der Waals surface area contributed by atoms with Crippen molar-refractivity contribution in [1.82, 2.24) is 15.1 Å². The molecule has 0 saturated heterocycles. The molecule has 3 aromatic rings. The van der Waals surface area contributed by atoms with Crippen LogP contribution in [0.15, 0.2) is 28.0 Å². The van der Waals surface area contributed by atoms with Crippen molar-refractivity contribution in [2.75, 3.05) is 13.2 Å². The summed E-state index contributed by atoms with van der Waals surface area (Å²) in [5.74, 6) is 0.0828. The maximum Gasteiger partial charge on any atom is 0.348 e. The number of fused-ring (bicyclic) bond motifs is 1. The second-order valence-corrected chi connectivity index (χ2v) is 8.87. The zero-order valence-electron chi connectivity index (χ0n) is 16.1. The van der Waals surface area contributed by atoms with Crippen molar-refractivity contribution in [3.63, 3.8) is 0 Å². The van der Waals surface area contributed by atoms with Gasteiger partial charge in [-0.1, -0.05) is 13.0 Å². The smallest absolute Gasteiger partial charge is 0.348 e. The van der Waals surface area contributed by atoms with Gasteiger partial charge in [-0.2, -0.15) is 0 Å². The molecule has 0 unspecified atom stereocenters. The Balaban J connectivity index is 1.35. The molecule has 4 rings (SSSR count). The summed E-state index contributed by atoms with van der Waals surface area (Å²) in [5.41, 5.74) is 1.24. The number of esters is 1. The van der Waals surface area contributed by atoms with Gasteiger partial charge in [-0.05, 0) is 48.8 Å². The van der Waals surface area contributed by atoms with E-state index < -0.39 is 5.97 Å². The molecule has 3 heterocycles. The molecule has 0 fully saturated rings. The van der Waals surface area contributed by atoms with Crippen LogP contribution >= 0.6 is 22.7 Å². The Morgan fingerprint density at radius 2 is 2.21 bits per heavy atom. The molecule has 0 aromatic carbocycles. The molecule has 0 bridgehead atoms. The van der Waals surface area contributed by atoms with Crippen molar-refractivity contribution in [2.45, 2.75) is 39.2 Å². The van der Waals surface area contributed by atoms with E-state index >= 15 is 0 Å². The number of aryl methyl sites for hydroxylation is 2. The van der Waals surface area contributed by atoms with E-state index in [4.69, 9.17) is 9.15 Å². The van der Waals surface area contributed by atoms with Gasteiger partial charge in [0.15, 0.2) is 6.61 Å². The molecule has 0 N–H and O–H groups in total. The normalized spacial score (nSPS) is 12.7. The number of rotatable bonds is 8. The molecule has 29 heavy (non-hydrogen) atoms. The van der Waals surface area contributed by atoms with Crippen LogP contribution in [0.4, 0.5) is 0 Å². The Morgan fingerprint density at radius 3 is 2.97 bits per heavy atom. The van der Waals surface area contributed by atoms with Gasteiger partial charge in [0.05, 0.1) is 11.4 Å². The zero-order chi connectivity index (χ0) is 20.2. The third kappa shape index (κ3) is 4.56. The lowest BCUT2D eigenvalue weighted by Gasteiger charge is -2.19. The average molecular weight is 432 g/mol. The first kappa shape index (κ1) is 19.8. The monoisotopic (exact) mass is 431 g/mol. The van der Waals surface area contributed by atoms with Gasteiger partial charge in [-0.15, -0.1) is 32.9 Å². The van der Waals surface area contributed by atoms with E-state index in [0.29, 0.717) is 23.2 Å². The van der Waals surface area contributed by atoms with Crippen molar-refractivity contribution < 1.29 is 18.7 Å². The summed E-state index contributed by atoms with van der Waals surface area (Å²) >= 11 is 2.98. The zero-order valence-corrected chi connectivity index (χ0v) is 17.7. The molecule has 0 aliphatic heterocycles. The van der Waals surface area contributed by atoms with Crippen molar-refractivity contribution in [2.24, 2.45) is 0 Å². The van der Waals surface area contributed by atoms with Gasteiger partial charge in [0.1, 0.15) is 4.88 Å². The molecule has 0 atom stereocenters. The standard InChI is InChI=1S/C20H21N3O4S2/c1-2-8-23(11-17-21-22-19(27-17)15-7-4-9-28-15)18(24)12-26-20(25)16-10-13-5-3-6-14(13)29-16/h4,7,9-10H,2-3,5-6,8,11-12H2,1H3.